The Morgan fingerprint density at radius 1 is 0.905 bits per heavy atom. The van der Waals surface area contributed by atoms with Crippen LogP contribution in [0.25, 0.3) is 0 Å². The average Bonchev–Trinajstić information content (AvgIpc) is 3.16. The Kier molecular flexibility index (Phi) is 3.33. The van der Waals surface area contributed by atoms with Crippen molar-refractivity contribution in [3.63, 3.8) is 0 Å². The minimum atomic E-state index is 0.611. The maximum Gasteiger partial charge on any atom is 0.126 e. The third-order valence-corrected chi connectivity index (χ3v) is 5.80. The Balaban J connectivity index is 1.86. The molecule has 114 valence electrons. The summed E-state index contributed by atoms with van der Waals surface area (Å²) in [5.41, 5.74) is 4.34. The lowest BCUT2D eigenvalue weighted by molar-refractivity contribution is 0.373. The predicted molar refractivity (Wildman–Crippen MR) is 83.7 cm³/mol. The molecule has 3 nitrogen and oxygen atoms in total. The van der Waals surface area contributed by atoms with Gasteiger partial charge in [0.25, 0.3) is 0 Å². The Labute approximate surface area is 127 Å². The molecule has 4 rings (SSSR count). The summed E-state index contributed by atoms with van der Waals surface area (Å²) in [7, 11) is 3.67. The maximum absolute atomic E-state index is 5.92. The molecule has 1 heterocycles. The smallest absolute Gasteiger partial charge is 0.126 e. The molecule has 2 aliphatic carbocycles. The van der Waals surface area contributed by atoms with Crippen molar-refractivity contribution in [2.45, 2.75) is 49.9 Å². The summed E-state index contributed by atoms with van der Waals surface area (Å²) in [6, 6.07) is 2.29. The van der Waals surface area contributed by atoms with Crippen LogP contribution in [0.5, 0.6) is 11.5 Å². The predicted octanol–water partition coefficient (Wildman–Crippen LogP) is 3.54. The number of rotatable bonds is 3. The number of fused-ring (bicyclic) bond motifs is 5. The van der Waals surface area contributed by atoms with Gasteiger partial charge in [-0.1, -0.05) is 0 Å². The van der Waals surface area contributed by atoms with E-state index in [-0.39, 0.29) is 0 Å². The SMILES string of the molecule is COc1cc(C2CCNCC2)c(OC)c2c1C1CCC2C1. The number of ether oxygens (including phenoxy) is 2. The molecule has 3 aliphatic rings. The van der Waals surface area contributed by atoms with E-state index in [4.69, 9.17) is 9.47 Å². The zero-order valence-electron chi connectivity index (χ0n) is 13.1. The second-order valence-electron chi connectivity index (χ2n) is 6.76. The van der Waals surface area contributed by atoms with Crippen LogP contribution in [0.1, 0.15) is 66.5 Å². The van der Waals surface area contributed by atoms with E-state index in [1.54, 1.807) is 0 Å². The van der Waals surface area contributed by atoms with Crippen LogP contribution in [0.3, 0.4) is 0 Å². The second kappa shape index (κ2) is 5.20. The van der Waals surface area contributed by atoms with Crippen LogP contribution in [-0.4, -0.2) is 27.3 Å². The van der Waals surface area contributed by atoms with E-state index < -0.39 is 0 Å². The van der Waals surface area contributed by atoms with Gasteiger partial charge in [-0.25, -0.2) is 0 Å². The molecule has 2 bridgehead atoms. The first-order chi connectivity index (χ1) is 10.3. The van der Waals surface area contributed by atoms with E-state index in [0.717, 1.165) is 18.8 Å². The quantitative estimate of drug-likeness (QED) is 0.922. The fourth-order valence-corrected chi connectivity index (χ4v) is 4.86. The molecule has 1 saturated heterocycles. The average molecular weight is 287 g/mol. The number of methoxy groups -OCH3 is 2. The van der Waals surface area contributed by atoms with Gasteiger partial charge < -0.3 is 14.8 Å². The van der Waals surface area contributed by atoms with Gasteiger partial charge >= 0.3 is 0 Å². The van der Waals surface area contributed by atoms with Gasteiger partial charge in [-0.3, -0.25) is 0 Å². The minimum absolute atomic E-state index is 0.611. The first-order valence-electron chi connectivity index (χ1n) is 8.32. The zero-order valence-corrected chi connectivity index (χ0v) is 13.1. The Hall–Kier alpha value is -1.22. The summed E-state index contributed by atoms with van der Waals surface area (Å²) in [6.45, 7) is 2.22. The van der Waals surface area contributed by atoms with Crippen molar-refractivity contribution in [2.24, 2.45) is 0 Å². The molecular formula is C18H25NO2. The van der Waals surface area contributed by atoms with E-state index in [1.807, 2.05) is 14.2 Å². The monoisotopic (exact) mass is 287 g/mol. The Morgan fingerprint density at radius 3 is 2.29 bits per heavy atom. The molecule has 0 radical (unpaired) electrons. The topological polar surface area (TPSA) is 30.5 Å². The minimum Gasteiger partial charge on any atom is -0.496 e. The number of benzene rings is 1. The van der Waals surface area contributed by atoms with Crippen molar-refractivity contribution in [2.75, 3.05) is 27.3 Å². The highest BCUT2D eigenvalue weighted by Crippen LogP contribution is 2.60. The van der Waals surface area contributed by atoms with Crippen LogP contribution in [0.4, 0.5) is 0 Å². The number of nitrogens with one attached hydrogen (secondary N) is 1. The van der Waals surface area contributed by atoms with Gasteiger partial charge in [0.2, 0.25) is 0 Å². The first kappa shape index (κ1) is 13.4. The van der Waals surface area contributed by atoms with E-state index in [2.05, 4.69) is 11.4 Å². The van der Waals surface area contributed by atoms with Crippen molar-refractivity contribution >= 4 is 0 Å². The standard InChI is InChI=1S/C18H25NO2/c1-20-15-10-14(11-5-7-19-8-6-11)18(21-2)17-13-4-3-12(9-13)16(15)17/h10-13,19H,3-9H2,1-2H3. The molecule has 1 aromatic carbocycles. The van der Waals surface area contributed by atoms with Gasteiger partial charge in [0.15, 0.2) is 0 Å². The first-order valence-corrected chi connectivity index (χ1v) is 8.32. The fraction of sp³-hybridized carbons (Fsp3) is 0.667. The summed E-state index contributed by atoms with van der Waals surface area (Å²) >= 11 is 0. The van der Waals surface area contributed by atoms with E-state index in [9.17, 15) is 0 Å². The van der Waals surface area contributed by atoms with Gasteiger partial charge in [-0.05, 0) is 69.0 Å². The van der Waals surface area contributed by atoms with Crippen molar-refractivity contribution in [3.05, 3.63) is 22.8 Å². The Bertz CT molecular complexity index is 549. The summed E-state index contributed by atoms with van der Waals surface area (Å²) in [5.74, 6) is 4.32. The molecule has 2 atom stereocenters. The lowest BCUT2D eigenvalue weighted by Crippen LogP contribution is -2.27. The van der Waals surface area contributed by atoms with Crippen molar-refractivity contribution in [3.8, 4) is 11.5 Å². The fourth-order valence-electron chi connectivity index (χ4n) is 4.86. The molecule has 21 heavy (non-hydrogen) atoms. The highest BCUT2D eigenvalue weighted by molar-refractivity contribution is 5.61. The van der Waals surface area contributed by atoms with Gasteiger partial charge in [0.1, 0.15) is 11.5 Å². The maximum atomic E-state index is 5.92. The highest BCUT2D eigenvalue weighted by Gasteiger charge is 2.42. The lowest BCUT2D eigenvalue weighted by Gasteiger charge is -2.29. The van der Waals surface area contributed by atoms with Gasteiger partial charge in [0.05, 0.1) is 14.2 Å². The summed E-state index contributed by atoms with van der Waals surface area (Å²) in [6.07, 6.45) is 6.35. The molecule has 0 aromatic heterocycles. The molecule has 1 aromatic rings. The largest absolute Gasteiger partial charge is 0.496 e. The van der Waals surface area contributed by atoms with Crippen LogP contribution in [0.15, 0.2) is 6.07 Å². The van der Waals surface area contributed by atoms with Gasteiger partial charge in [0, 0.05) is 16.7 Å². The normalized spacial score (nSPS) is 27.7. The molecule has 0 spiro atoms. The van der Waals surface area contributed by atoms with Crippen LogP contribution in [-0.2, 0) is 0 Å². The number of piperidine rings is 1. The van der Waals surface area contributed by atoms with Crippen molar-refractivity contribution in [1.82, 2.24) is 5.32 Å². The molecule has 1 N–H and O–H groups in total. The van der Waals surface area contributed by atoms with Crippen LogP contribution < -0.4 is 14.8 Å². The number of hydrogen-bond donors (Lipinski definition) is 1. The van der Waals surface area contributed by atoms with Crippen molar-refractivity contribution in [1.29, 1.82) is 0 Å². The van der Waals surface area contributed by atoms with E-state index in [1.165, 1.54) is 54.5 Å². The molecule has 0 amide bonds. The van der Waals surface area contributed by atoms with Gasteiger partial charge in [-0.2, -0.15) is 0 Å². The highest BCUT2D eigenvalue weighted by atomic mass is 16.5. The molecule has 2 fully saturated rings. The summed E-state index contributed by atoms with van der Waals surface area (Å²) < 4.78 is 11.7. The summed E-state index contributed by atoms with van der Waals surface area (Å²) in [4.78, 5) is 0. The summed E-state index contributed by atoms with van der Waals surface area (Å²) in [5, 5.41) is 3.46. The second-order valence-corrected chi connectivity index (χ2v) is 6.76. The lowest BCUT2D eigenvalue weighted by atomic mass is 9.83. The van der Waals surface area contributed by atoms with Crippen LogP contribution in [0, 0.1) is 0 Å². The van der Waals surface area contributed by atoms with E-state index >= 15 is 0 Å². The van der Waals surface area contributed by atoms with Crippen LogP contribution >= 0.6 is 0 Å². The third kappa shape index (κ3) is 1.97. The zero-order chi connectivity index (χ0) is 14.4. The van der Waals surface area contributed by atoms with Gasteiger partial charge in [-0.15, -0.1) is 0 Å². The molecule has 1 aliphatic heterocycles. The Morgan fingerprint density at radius 2 is 1.62 bits per heavy atom. The third-order valence-electron chi connectivity index (χ3n) is 5.80. The molecule has 1 saturated carbocycles. The molecule has 3 heteroatoms. The number of hydrogen-bond acceptors (Lipinski definition) is 3. The molecule has 2 unspecified atom stereocenters. The molecular weight excluding hydrogens is 262 g/mol. The van der Waals surface area contributed by atoms with Crippen molar-refractivity contribution < 1.29 is 9.47 Å². The van der Waals surface area contributed by atoms with Crippen LogP contribution in [0.2, 0.25) is 0 Å². The van der Waals surface area contributed by atoms with E-state index in [0.29, 0.717) is 17.8 Å².